The molecule has 4 rings (SSSR count). The van der Waals surface area contributed by atoms with E-state index in [4.69, 9.17) is 16.3 Å². The van der Waals surface area contributed by atoms with E-state index < -0.39 is 11.4 Å². The van der Waals surface area contributed by atoms with Crippen LogP contribution in [0.1, 0.15) is 30.4 Å². The van der Waals surface area contributed by atoms with Crippen LogP contribution in [0.5, 0.6) is 5.75 Å². The fourth-order valence-corrected chi connectivity index (χ4v) is 5.07. The fraction of sp³-hybridized carbons (Fsp3) is 0.458. The van der Waals surface area contributed by atoms with Gasteiger partial charge in [-0.25, -0.2) is 0 Å². The Morgan fingerprint density at radius 2 is 1.93 bits per heavy atom. The van der Waals surface area contributed by atoms with Gasteiger partial charge in [-0.3, -0.25) is 9.69 Å². The molecule has 5 nitrogen and oxygen atoms in total. The second-order valence-corrected chi connectivity index (χ2v) is 9.01. The highest BCUT2D eigenvalue weighted by molar-refractivity contribution is 6.30. The summed E-state index contributed by atoms with van der Waals surface area (Å²) in [5, 5.41) is 10.7. The Hall–Kier alpha value is -2.08. The molecule has 2 fully saturated rings. The van der Waals surface area contributed by atoms with Gasteiger partial charge >= 0.3 is 5.97 Å². The van der Waals surface area contributed by atoms with Crippen LogP contribution in [-0.4, -0.2) is 53.6 Å². The second kappa shape index (κ2) is 8.96. The molecule has 1 N–H and O–H groups in total. The lowest BCUT2D eigenvalue weighted by molar-refractivity contribution is -0.162. The van der Waals surface area contributed by atoms with Crippen molar-refractivity contribution in [3.8, 4) is 5.75 Å². The molecule has 0 bridgehead atoms. The standard InChI is InChI=1S/C24H29ClN2O3/c1-26-13-4-11-24(23(28)29)12-14-27(16-22(24)26)15-19-5-2-3-6-21(19)30-17-18-7-9-20(25)10-8-18/h2-3,5-10,22H,4,11-17H2,1H3,(H,28,29)/t22-,24+/m1/s1. The quantitative estimate of drug-likeness (QED) is 0.743. The lowest BCUT2D eigenvalue weighted by Gasteiger charge is -2.51. The number of para-hydroxylation sites is 1. The molecule has 160 valence electrons. The molecule has 0 aliphatic carbocycles. The van der Waals surface area contributed by atoms with Crippen LogP contribution >= 0.6 is 11.6 Å². The largest absolute Gasteiger partial charge is 0.489 e. The third kappa shape index (κ3) is 4.34. The SMILES string of the molecule is CN1CCC[C@]2(C(=O)O)CCN(Cc3ccccc3OCc3ccc(Cl)cc3)C[C@@H]12. The monoisotopic (exact) mass is 428 g/mol. The zero-order chi connectivity index (χ0) is 21.1. The number of carboxylic acids is 1. The first kappa shape index (κ1) is 21.2. The molecule has 30 heavy (non-hydrogen) atoms. The van der Waals surface area contributed by atoms with Gasteiger partial charge in [-0.05, 0) is 63.2 Å². The van der Waals surface area contributed by atoms with Crippen LogP contribution in [0.3, 0.4) is 0 Å². The van der Waals surface area contributed by atoms with Crippen molar-refractivity contribution in [2.75, 3.05) is 26.7 Å². The number of rotatable bonds is 6. The summed E-state index contributed by atoms with van der Waals surface area (Å²) in [4.78, 5) is 16.8. The average molecular weight is 429 g/mol. The molecule has 2 atom stereocenters. The molecule has 0 radical (unpaired) electrons. The van der Waals surface area contributed by atoms with E-state index in [1.807, 2.05) is 42.5 Å². The van der Waals surface area contributed by atoms with Gasteiger partial charge in [0, 0.05) is 29.7 Å². The highest BCUT2D eigenvalue weighted by Gasteiger charge is 2.52. The molecule has 0 spiro atoms. The zero-order valence-electron chi connectivity index (χ0n) is 17.4. The minimum absolute atomic E-state index is 0.0552. The Morgan fingerprint density at radius 3 is 2.70 bits per heavy atom. The number of carbonyl (C=O) groups is 1. The van der Waals surface area contributed by atoms with Crippen molar-refractivity contribution in [1.29, 1.82) is 0 Å². The number of likely N-dealkylation sites (tertiary alicyclic amines) is 2. The molecule has 2 aliphatic heterocycles. The minimum Gasteiger partial charge on any atom is -0.489 e. The summed E-state index contributed by atoms with van der Waals surface area (Å²) in [5.41, 5.74) is 1.60. The van der Waals surface area contributed by atoms with Gasteiger partial charge in [0.05, 0.1) is 5.41 Å². The maximum atomic E-state index is 12.1. The Kier molecular flexibility index (Phi) is 6.32. The number of hydrogen-bond donors (Lipinski definition) is 1. The fourth-order valence-electron chi connectivity index (χ4n) is 4.95. The van der Waals surface area contributed by atoms with Crippen molar-refractivity contribution in [3.05, 3.63) is 64.7 Å². The molecule has 2 aliphatic rings. The maximum Gasteiger partial charge on any atom is 0.311 e. The highest BCUT2D eigenvalue weighted by Crippen LogP contribution is 2.42. The van der Waals surface area contributed by atoms with E-state index >= 15 is 0 Å². The summed E-state index contributed by atoms with van der Waals surface area (Å²) in [5.74, 6) is 0.241. The number of likely N-dealkylation sites (N-methyl/N-ethyl adjacent to an activating group) is 1. The van der Waals surface area contributed by atoms with Crippen molar-refractivity contribution in [2.24, 2.45) is 5.41 Å². The van der Waals surface area contributed by atoms with Gasteiger partial charge in [0.1, 0.15) is 12.4 Å². The Bertz CT molecular complexity index is 888. The summed E-state index contributed by atoms with van der Waals surface area (Å²) in [6.45, 7) is 3.78. The van der Waals surface area contributed by atoms with Crippen LogP contribution in [-0.2, 0) is 17.9 Å². The summed E-state index contributed by atoms with van der Waals surface area (Å²) in [6, 6.07) is 15.9. The summed E-state index contributed by atoms with van der Waals surface area (Å²) in [6.07, 6.45) is 2.44. The smallest absolute Gasteiger partial charge is 0.311 e. The molecule has 6 heteroatoms. The number of hydrogen-bond acceptors (Lipinski definition) is 4. The summed E-state index contributed by atoms with van der Waals surface area (Å²) < 4.78 is 6.12. The first-order chi connectivity index (χ1) is 14.5. The minimum atomic E-state index is -0.634. The molecule has 0 unspecified atom stereocenters. The predicted molar refractivity (Wildman–Crippen MR) is 118 cm³/mol. The molecule has 2 aromatic rings. The predicted octanol–water partition coefficient (Wildman–Crippen LogP) is 4.29. The number of benzene rings is 2. The van der Waals surface area contributed by atoms with Crippen LogP contribution in [0.4, 0.5) is 0 Å². The highest BCUT2D eigenvalue weighted by atomic mass is 35.5. The van der Waals surface area contributed by atoms with Gasteiger partial charge < -0.3 is 14.7 Å². The number of aliphatic carboxylic acids is 1. The van der Waals surface area contributed by atoms with E-state index in [0.29, 0.717) is 13.0 Å². The lowest BCUT2D eigenvalue weighted by atomic mass is 9.68. The van der Waals surface area contributed by atoms with Gasteiger partial charge in [-0.1, -0.05) is 41.9 Å². The molecule has 2 heterocycles. The first-order valence-electron chi connectivity index (χ1n) is 10.6. The third-order valence-electron chi connectivity index (χ3n) is 6.71. The van der Waals surface area contributed by atoms with Gasteiger partial charge in [-0.2, -0.15) is 0 Å². The number of ether oxygens (including phenoxy) is 1. The molecule has 0 saturated carbocycles. The van der Waals surface area contributed by atoms with E-state index in [9.17, 15) is 9.90 Å². The van der Waals surface area contributed by atoms with Crippen molar-refractivity contribution in [1.82, 2.24) is 9.80 Å². The van der Waals surface area contributed by atoms with E-state index in [0.717, 1.165) is 60.9 Å². The van der Waals surface area contributed by atoms with Crippen LogP contribution in [0.25, 0.3) is 0 Å². The number of carboxylic acid groups (broad SMARTS) is 1. The van der Waals surface area contributed by atoms with Gasteiger partial charge in [0.15, 0.2) is 0 Å². The van der Waals surface area contributed by atoms with E-state index in [1.165, 1.54) is 0 Å². The van der Waals surface area contributed by atoms with Crippen LogP contribution in [0, 0.1) is 5.41 Å². The Morgan fingerprint density at radius 1 is 1.17 bits per heavy atom. The molecular formula is C24H29ClN2O3. The lowest BCUT2D eigenvalue weighted by Crippen LogP contribution is -2.62. The summed E-state index contributed by atoms with van der Waals surface area (Å²) >= 11 is 5.96. The summed E-state index contributed by atoms with van der Waals surface area (Å²) in [7, 11) is 2.06. The van der Waals surface area contributed by atoms with Crippen molar-refractivity contribution >= 4 is 17.6 Å². The van der Waals surface area contributed by atoms with Gasteiger partial charge in [0.2, 0.25) is 0 Å². The van der Waals surface area contributed by atoms with Crippen LogP contribution in [0.2, 0.25) is 5.02 Å². The van der Waals surface area contributed by atoms with Crippen molar-refractivity contribution in [2.45, 2.75) is 38.5 Å². The molecule has 2 aromatic carbocycles. The average Bonchev–Trinajstić information content (AvgIpc) is 2.75. The normalized spacial score (nSPS) is 24.9. The maximum absolute atomic E-state index is 12.1. The molecule has 2 saturated heterocycles. The topological polar surface area (TPSA) is 53.0 Å². The van der Waals surface area contributed by atoms with E-state index in [-0.39, 0.29) is 6.04 Å². The van der Waals surface area contributed by atoms with Crippen molar-refractivity contribution in [3.63, 3.8) is 0 Å². The Balaban J connectivity index is 1.45. The van der Waals surface area contributed by atoms with Crippen LogP contribution < -0.4 is 4.74 Å². The number of nitrogens with zero attached hydrogens (tertiary/aromatic N) is 2. The molecule has 0 aromatic heterocycles. The number of fused-ring (bicyclic) bond motifs is 1. The van der Waals surface area contributed by atoms with E-state index in [1.54, 1.807) is 0 Å². The van der Waals surface area contributed by atoms with Crippen LogP contribution in [0.15, 0.2) is 48.5 Å². The third-order valence-corrected chi connectivity index (χ3v) is 6.96. The van der Waals surface area contributed by atoms with Crippen molar-refractivity contribution < 1.29 is 14.6 Å². The number of halogens is 1. The van der Waals surface area contributed by atoms with Gasteiger partial charge in [0.25, 0.3) is 0 Å². The zero-order valence-corrected chi connectivity index (χ0v) is 18.1. The Labute approximate surface area is 183 Å². The second-order valence-electron chi connectivity index (χ2n) is 8.57. The number of piperidine rings is 2. The van der Waals surface area contributed by atoms with E-state index in [2.05, 4.69) is 22.9 Å². The molecule has 0 amide bonds. The first-order valence-corrected chi connectivity index (χ1v) is 11.0. The molecular weight excluding hydrogens is 400 g/mol. The van der Waals surface area contributed by atoms with Gasteiger partial charge in [-0.15, -0.1) is 0 Å².